The number of esters is 2. The van der Waals surface area contributed by atoms with Gasteiger partial charge in [0.15, 0.2) is 6.10 Å². The number of phosphoric ester groups is 1. The summed E-state index contributed by atoms with van der Waals surface area (Å²) in [4.78, 5) is 35.3. The first-order valence-electron chi connectivity index (χ1n) is 31.4. The zero-order valence-corrected chi connectivity index (χ0v) is 50.3. The van der Waals surface area contributed by atoms with Crippen LogP contribution in [-0.2, 0) is 32.7 Å². The van der Waals surface area contributed by atoms with Crippen LogP contribution in [0.5, 0.6) is 0 Å². The number of rotatable bonds is 58. The van der Waals surface area contributed by atoms with Crippen molar-refractivity contribution in [2.24, 2.45) is 5.73 Å². The van der Waals surface area contributed by atoms with E-state index in [0.29, 0.717) is 6.42 Å². The Bertz CT molecular complexity index is 1630. The summed E-state index contributed by atoms with van der Waals surface area (Å²) in [6.45, 7) is 3.62. The van der Waals surface area contributed by atoms with Gasteiger partial charge in [0, 0.05) is 19.4 Å². The van der Waals surface area contributed by atoms with Gasteiger partial charge in [-0.15, -0.1) is 0 Å². The average molecular weight is 1090 g/mol. The van der Waals surface area contributed by atoms with Gasteiger partial charge in [0.25, 0.3) is 0 Å². The fraction of sp³-hybridized carbons (Fsp3) is 0.701. The van der Waals surface area contributed by atoms with E-state index in [1.807, 2.05) is 0 Å². The highest BCUT2D eigenvalue weighted by atomic mass is 31.2. The maximum Gasteiger partial charge on any atom is 0.472 e. The smallest absolute Gasteiger partial charge is 0.462 e. The largest absolute Gasteiger partial charge is 0.472 e. The van der Waals surface area contributed by atoms with Crippen molar-refractivity contribution in [2.75, 3.05) is 26.4 Å². The molecule has 0 fully saturated rings. The Morgan fingerprint density at radius 2 is 0.714 bits per heavy atom. The Kier molecular flexibility index (Phi) is 59.2. The van der Waals surface area contributed by atoms with Crippen molar-refractivity contribution >= 4 is 19.8 Å². The van der Waals surface area contributed by atoms with Gasteiger partial charge in [-0.2, -0.15) is 0 Å². The van der Waals surface area contributed by atoms with Crippen molar-refractivity contribution in [3.05, 3.63) is 109 Å². The molecule has 0 aliphatic rings. The van der Waals surface area contributed by atoms with Crippen molar-refractivity contribution in [3.63, 3.8) is 0 Å². The average Bonchev–Trinajstić information content (AvgIpc) is 3.42. The van der Waals surface area contributed by atoms with Gasteiger partial charge >= 0.3 is 19.8 Å². The number of nitrogens with two attached hydrogens (primary N) is 1. The monoisotopic (exact) mass is 1090 g/mol. The number of allylic oxidation sites excluding steroid dienone is 18. The molecule has 0 aromatic heterocycles. The topological polar surface area (TPSA) is 134 Å². The van der Waals surface area contributed by atoms with E-state index < -0.39 is 26.5 Å². The van der Waals surface area contributed by atoms with Crippen molar-refractivity contribution in [3.8, 4) is 0 Å². The van der Waals surface area contributed by atoms with Gasteiger partial charge < -0.3 is 20.1 Å². The zero-order chi connectivity index (χ0) is 55.9. The third kappa shape index (κ3) is 61.7. The van der Waals surface area contributed by atoms with Crippen LogP contribution >= 0.6 is 7.82 Å². The minimum absolute atomic E-state index is 0.0481. The summed E-state index contributed by atoms with van der Waals surface area (Å²) in [5, 5.41) is 0. The Balaban J connectivity index is 3.97. The fourth-order valence-electron chi connectivity index (χ4n) is 8.53. The maximum absolute atomic E-state index is 12.7. The summed E-state index contributed by atoms with van der Waals surface area (Å²) in [6.07, 6.45) is 84.3. The predicted molar refractivity (Wildman–Crippen MR) is 330 cm³/mol. The van der Waals surface area contributed by atoms with Crippen molar-refractivity contribution in [2.45, 2.75) is 277 Å². The van der Waals surface area contributed by atoms with E-state index >= 15 is 0 Å². The molecule has 0 amide bonds. The van der Waals surface area contributed by atoms with E-state index in [4.69, 9.17) is 24.3 Å². The Hall–Kier alpha value is -3.33. The Labute approximate surface area is 473 Å². The number of carbonyl (C=O) groups is 2. The second-order valence-electron chi connectivity index (χ2n) is 20.5. The molecule has 442 valence electrons. The fourth-order valence-corrected chi connectivity index (χ4v) is 9.30. The predicted octanol–water partition coefficient (Wildman–Crippen LogP) is 20.2. The molecule has 0 saturated carbocycles. The van der Waals surface area contributed by atoms with Crippen molar-refractivity contribution < 1.29 is 37.6 Å². The SMILES string of the molecule is CC/C=C\C/C=C\C/C=C\C/C=C\C/C=C\C/C=C\CCCCCCCCCCCCCCC(=O)OC(COC(=O)CCCCCCCCCCCC/C=C\C/C=C\C/C=C\CCCCCCC)COP(=O)(O)OCCN. The van der Waals surface area contributed by atoms with Gasteiger partial charge in [-0.05, 0) is 103 Å². The van der Waals surface area contributed by atoms with Gasteiger partial charge in [0.05, 0.1) is 13.2 Å². The maximum atomic E-state index is 12.7. The molecule has 2 atom stereocenters. The Morgan fingerprint density at radius 3 is 1.06 bits per heavy atom. The summed E-state index contributed by atoms with van der Waals surface area (Å²) in [5.41, 5.74) is 5.39. The highest BCUT2D eigenvalue weighted by Gasteiger charge is 2.26. The number of phosphoric acid groups is 1. The Morgan fingerprint density at radius 1 is 0.403 bits per heavy atom. The molecule has 0 aromatic rings. The first kappa shape index (κ1) is 73.7. The number of hydrogen-bond acceptors (Lipinski definition) is 8. The van der Waals surface area contributed by atoms with Gasteiger partial charge in [-0.3, -0.25) is 18.6 Å². The molecule has 2 unspecified atom stereocenters. The van der Waals surface area contributed by atoms with Crippen LogP contribution in [0.15, 0.2) is 109 Å². The molecular formula is C67H116NO8P. The minimum Gasteiger partial charge on any atom is -0.462 e. The molecule has 0 aromatic carbocycles. The standard InChI is InChI=1S/C67H116NO8P/c1-3-5-7-9-11-13-15-17-19-21-23-25-27-29-30-31-32-33-34-36-38-40-42-44-46-48-50-52-54-56-58-60-67(70)76-65(64-75-77(71,72)74-62-61-68)63-73-66(69)59-57-55-53-51-49-47-45-43-41-39-37-35-28-26-24-22-20-18-16-14-12-10-8-6-4-2/h5,7,11,13,16-19,22-25,28-30,32-33,35,65H,3-4,6,8-10,12,14-15,20-21,26-27,31,34,36-64,68H2,1-2H3,(H,71,72)/b7-5-,13-11-,18-16-,19-17-,24-22-,25-23-,30-29-,33-32-,35-28-. The van der Waals surface area contributed by atoms with Crippen LogP contribution in [0, 0.1) is 0 Å². The number of ether oxygens (including phenoxy) is 2. The molecule has 0 aliphatic heterocycles. The molecular weight excluding hydrogens is 978 g/mol. The minimum atomic E-state index is -4.40. The molecule has 0 radical (unpaired) electrons. The molecule has 10 heteroatoms. The molecule has 0 saturated heterocycles. The number of hydrogen-bond donors (Lipinski definition) is 2. The summed E-state index contributed by atoms with van der Waals surface area (Å²) in [5.74, 6) is -0.834. The van der Waals surface area contributed by atoms with Gasteiger partial charge in [0.1, 0.15) is 6.61 Å². The van der Waals surface area contributed by atoms with E-state index in [1.165, 1.54) is 141 Å². The summed E-state index contributed by atoms with van der Waals surface area (Å²) in [6, 6.07) is 0. The van der Waals surface area contributed by atoms with Crippen LogP contribution in [-0.4, -0.2) is 49.3 Å². The van der Waals surface area contributed by atoms with Gasteiger partial charge in [0.2, 0.25) is 0 Å². The summed E-state index contributed by atoms with van der Waals surface area (Å²) < 4.78 is 33.1. The van der Waals surface area contributed by atoms with E-state index in [2.05, 4.69) is 123 Å². The van der Waals surface area contributed by atoms with Crippen LogP contribution in [0.2, 0.25) is 0 Å². The second kappa shape index (κ2) is 61.9. The second-order valence-corrected chi connectivity index (χ2v) is 22.0. The molecule has 0 bridgehead atoms. The van der Waals surface area contributed by atoms with Crippen LogP contribution < -0.4 is 5.73 Å². The van der Waals surface area contributed by atoms with Gasteiger partial charge in [-0.1, -0.05) is 264 Å². The van der Waals surface area contributed by atoms with E-state index in [0.717, 1.165) is 96.3 Å². The van der Waals surface area contributed by atoms with Crippen LogP contribution in [0.4, 0.5) is 0 Å². The lowest BCUT2D eigenvalue weighted by atomic mass is 10.0. The molecule has 0 rings (SSSR count). The lowest BCUT2D eigenvalue weighted by Gasteiger charge is -2.19. The zero-order valence-electron chi connectivity index (χ0n) is 49.4. The molecule has 3 N–H and O–H groups in total. The molecule has 77 heavy (non-hydrogen) atoms. The van der Waals surface area contributed by atoms with E-state index in [-0.39, 0.29) is 38.6 Å². The third-order valence-electron chi connectivity index (χ3n) is 13.1. The lowest BCUT2D eigenvalue weighted by Crippen LogP contribution is -2.29. The summed E-state index contributed by atoms with van der Waals surface area (Å²) >= 11 is 0. The molecule has 9 nitrogen and oxygen atoms in total. The lowest BCUT2D eigenvalue weighted by molar-refractivity contribution is -0.161. The molecule has 0 aliphatic carbocycles. The normalized spacial score (nSPS) is 13.8. The van der Waals surface area contributed by atoms with Crippen molar-refractivity contribution in [1.82, 2.24) is 0 Å². The highest BCUT2D eigenvalue weighted by molar-refractivity contribution is 7.47. The molecule has 0 spiro atoms. The van der Waals surface area contributed by atoms with Gasteiger partial charge in [-0.25, -0.2) is 4.57 Å². The van der Waals surface area contributed by atoms with Crippen LogP contribution in [0.3, 0.4) is 0 Å². The van der Waals surface area contributed by atoms with E-state index in [1.54, 1.807) is 0 Å². The van der Waals surface area contributed by atoms with Crippen LogP contribution in [0.25, 0.3) is 0 Å². The summed E-state index contributed by atoms with van der Waals surface area (Å²) in [7, 11) is -4.40. The highest BCUT2D eigenvalue weighted by Crippen LogP contribution is 2.43. The number of carbonyl (C=O) groups excluding carboxylic acids is 2. The number of unbranched alkanes of at least 4 members (excludes halogenated alkanes) is 27. The van der Waals surface area contributed by atoms with Crippen LogP contribution in [0.1, 0.15) is 271 Å². The first-order chi connectivity index (χ1) is 37.8. The van der Waals surface area contributed by atoms with E-state index in [9.17, 15) is 19.0 Å². The quantitative estimate of drug-likeness (QED) is 0.0264. The first-order valence-corrected chi connectivity index (χ1v) is 32.9. The van der Waals surface area contributed by atoms with Crippen molar-refractivity contribution in [1.29, 1.82) is 0 Å². The third-order valence-corrected chi connectivity index (χ3v) is 14.1. The molecule has 0 heterocycles.